The Hall–Kier alpha value is -3.66. The van der Waals surface area contributed by atoms with Crippen molar-refractivity contribution in [2.75, 3.05) is 51.0 Å². The van der Waals surface area contributed by atoms with Gasteiger partial charge < -0.3 is 20.1 Å². The molecule has 16 heteroatoms. The second-order valence-electron chi connectivity index (χ2n) is 13.3. The van der Waals surface area contributed by atoms with Crippen LogP contribution in [0.1, 0.15) is 82.3 Å². The minimum absolute atomic E-state index is 0.0336. The van der Waals surface area contributed by atoms with Crippen LogP contribution >= 0.6 is 11.6 Å². The number of hydroxylamine groups is 2. The number of anilines is 2. The molecule has 1 aromatic carbocycles. The van der Waals surface area contributed by atoms with Crippen LogP contribution < -0.4 is 15.4 Å². The van der Waals surface area contributed by atoms with E-state index in [9.17, 15) is 18.0 Å². The average molecular weight is 705 g/mol. The highest BCUT2D eigenvalue weighted by molar-refractivity contribution is 6.31. The van der Waals surface area contributed by atoms with Crippen LogP contribution in [0.4, 0.5) is 24.7 Å². The fourth-order valence-corrected chi connectivity index (χ4v) is 8.22. The second kappa shape index (κ2) is 12.9. The van der Waals surface area contributed by atoms with E-state index in [4.69, 9.17) is 41.6 Å². The maximum Gasteiger partial charge on any atom is 0.418 e. The number of hydrogen-bond donors (Lipinski definition) is 1. The van der Waals surface area contributed by atoms with Gasteiger partial charge in [-0.25, -0.2) is 5.06 Å². The number of aromatic nitrogens is 4. The lowest BCUT2D eigenvalue weighted by molar-refractivity contribution is -0.139. The lowest BCUT2D eigenvalue weighted by Crippen LogP contribution is -2.43. The molecule has 1 amide bonds. The Balaban J connectivity index is 1.26. The van der Waals surface area contributed by atoms with E-state index in [2.05, 4.69) is 14.9 Å². The molecule has 0 saturated carbocycles. The predicted molar refractivity (Wildman–Crippen MR) is 174 cm³/mol. The third-order valence-electron chi connectivity index (χ3n) is 10.4. The number of aryl methyl sites for hydroxylation is 1. The molecular formula is C33H40ClF3N8O4. The van der Waals surface area contributed by atoms with Crippen molar-refractivity contribution in [1.82, 2.24) is 29.7 Å². The Morgan fingerprint density at radius 1 is 1.16 bits per heavy atom. The van der Waals surface area contributed by atoms with E-state index in [1.807, 2.05) is 11.6 Å². The molecule has 0 aliphatic carbocycles. The zero-order chi connectivity index (χ0) is 34.7. The Bertz CT molecular complexity index is 1760. The molecule has 6 heterocycles. The molecule has 264 valence electrons. The summed E-state index contributed by atoms with van der Waals surface area (Å²) in [6.45, 7) is 5.91. The van der Waals surface area contributed by atoms with Crippen LogP contribution in [0, 0.1) is 6.92 Å². The topological polar surface area (TPSA) is 124 Å². The Kier molecular flexibility index (Phi) is 8.91. The van der Waals surface area contributed by atoms with Gasteiger partial charge in [-0.3, -0.25) is 19.2 Å². The van der Waals surface area contributed by atoms with Crippen molar-refractivity contribution in [3.63, 3.8) is 0 Å². The Morgan fingerprint density at radius 3 is 2.63 bits per heavy atom. The first-order valence-electron chi connectivity index (χ1n) is 16.6. The molecule has 0 spiro atoms. The number of nitrogens with two attached hydrogens (primary N) is 1. The number of carbonyl (C=O) groups is 1. The summed E-state index contributed by atoms with van der Waals surface area (Å²) in [6, 6.07) is 2.55. The molecule has 2 aromatic heterocycles. The van der Waals surface area contributed by atoms with Gasteiger partial charge in [-0.2, -0.15) is 28.2 Å². The van der Waals surface area contributed by atoms with Crippen molar-refractivity contribution in [2.45, 2.75) is 83.0 Å². The predicted octanol–water partition coefficient (Wildman–Crippen LogP) is 5.10. The zero-order valence-electron chi connectivity index (χ0n) is 27.8. The summed E-state index contributed by atoms with van der Waals surface area (Å²) in [5.74, 6) is 0.233. The van der Waals surface area contributed by atoms with Gasteiger partial charge in [0.1, 0.15) is 12.4 Å². The van der Waals surface area contributed by atoms with Gasteiger partial charge in [0.2, 0.25) is 0 Å². The summed E-state index contributed by atoms with van der Waals surface area (Å²) in [6.07, 6.45) is -0.698. The monoisotopic (exact) mass is 704 g/mol. The van der Waals surface area contributed by atoms with Crippen molar-refractivity contribution in [1.29, 1.82) is 0 Å². The van der Waals surface area contributed by atoms with Gasteiger partial charge in [-0.05, 0) is 69.8 Å². The van der Waals surface area contributed by atoms with Gasteiger partial charge in [0.05, 0.1) is 53.9 Å². The first-order chi connectivity index (χ1) is 23.4. The number of fused-ring (bicyclic) bond motifs is 3. The molecule has 12 nitrogen and oxygen atoms in total. The number of ether oxygens (including phenoxy) is 2. The fourth-order valence-electron chi connectivity index (χ4n) is 7.88. The van der Waals surface area contributed by atoms with E-state index in [0.717, 1.165) is 61.2 Å². The van der Waals surface area contributed by atoms with Crippen LogP contribution in [0.15, 0.2) is 12.1 Å². The van der Waals surface area contributed by atoms with E-state index in [0.29, 0.717) is 55.4 Å². The smallest absolute Gasteiger partial charge is 0.418 e. The van der Waals surface area contributed by atoms with Gasteiger partial charge in [0, 0.05) is 43.4 Å². The van der Waals surface area contributed by atoms with Crippen molar-refractivity contribution in [3.05, 3.63) is 56.5 Å². The SMILES string of the molecule is CON(C)C(=O)c1nn2c(c1C)CN(c1nc(OCC34CCCN3CCC4)nc3c1COC(c1cc(N)cc(Cl)c1C(F)(F)F)C3)CCC2. The normalized spacial score (nSPS) is 20.5. The highest BCUT2D eigenvalue weighted by Crippen LogP contribution is 2.45. The van der Waals surface area contributed by atoms with Crippen LogP contribution in [-0.4, -0.2) is 81.6 Å². The Labute approximate surface area is 287 Å². The third-order valence-corrected chi connectivity index (χ3v) is 10.7. The summed E-state index contributed by atoms with van der Waals surface area (Å²) in [4.78, 5) is 32.4. The largest absolute Gasteiger partial charge is 0.461 e. The standard InChI is InChI=1S/C33H40ClF3N8O4/c1-19-25-16-43(9-6-12-45(25)41-28(19)30(46)42(2)47-3)29-22-17-48-26(21-13-20(38)14-23(34)27(21)33(35,36)37)15-24(22)39-31(40-29)49-18-32-7-4-10-44(32)11-5-8-32/h13-14,26H,4-12,15-18,38H2,1-3H3. The number of nitrogen functional groups attached to an aromatic ring is 1. The molecule has 3 aromatic rings. The maximum absolute atomic E-state index is 14.3. The quantitative estimate of drug-likeness (QED) is 0.263. The molecule has 4 aliphatic heterocycles. The molecule has 49 heavy (non-hydrogen) atoms. The van der Waals surface area contributed by atoms with Crippen LogP contribution in [-0.2, 0) is 41.9 Å². The zero-order valence-corrected chi connectivity index (χ0v) is 28.5. The van der Waals surface area contributed by atoms with E-state index < -0.39 is 22.9 Å². The average Bonchev–Trinajstić information content (AvgIpc) is 3.68. The van der Waals surface area contributed by atoms with E-state index >= 15 is 0 Å². The summed E-state index contributed by atoms with van der Waals surface area (Å²) in [7, 11) is 2.95. The number of benzene rings is 1. The highest BCUT2D eigenvalue weighted by atomic mass is 35.5. The first-order valence-corrected chi connectivity index (χ1v) is 16.9. The van der Waals surface area contributed by atoms with Crippen LogP contribution in [0.5, 0.6) is 6.01 Å². The molecular weight excluding hydrogens is 665 g/mol. The van der Waals surface area contributed by atoms with Gasteiger partial charge in [-0.15, -0.1) is 0 Å². The van der Waals surface area contributed by atoms with Crippen LogP contribution in [0.25, 0.3) is 0 Å². The Morgan fingerprint density at radius 2 is 1.92 bits per heavy atom. The van der Waals surface area contributed by atoms with Crippen LogP contribution in [0.3, 0.4) is 0 Å². The lowest BCUT2D eigenvalue weighted by Gasteiger charge is -2.33. The van der Waals surface area contributed by atoms with Gasteiger partial charge in [-0.1, -0.05) is 11.6 Å². The van der Waals surface area contributed by atoms with Gasteiger partial charge >= 0.3 is 12.2 Å². The number of amides is 1. The molecule has 2 N–H and O–H groups in total. The number of rotatable bonds is 7. The number of hydrogen-bond acceptors (Lipinski definition) is 10. The number of carbonyl (C=O) groups excluding carboxylic acids is 1. The van der Waals surface area contributed by atoms with Crippen molar-refractivity contribution >= 4 is 29.0 Å². The van der Waals surface area contributed by atoms with Crippen molar-refractivity contribution < 1.29 is 32.3 Å². The summed E-state index contributed by atoms with van der Waals surface area (Å²) in [5.41, 5.74) is 8.03. The number of nitrogens with zero attached hydrogens (tertiary/aromatic N) is 7. The molecule has 2 fully saturated rings. The minimum atomic E-state index is -4.71. The highest BCUT2D eigenvalue weighted by Gasteiger charge is 2.45. The van der Waals surface area contributed by atoms with E-state index in [-0.39, 0.29) is 41.7 Å². The molecule has 1 atom stereocenters. The fraction of sp³-hybridized carbons (Fsp3) is 0.576. The third kappa shape index (κ3) is 6.19. The van der Waals surface area contributed by atoms with Crippen LogP contribution in [0.2, 0.25) is 5.02 Å². The molecule has 4 aliphatic rings. The summed E-state index contributed by atoms with van der Waals surface area (Å²) < 4.78 is 57.2. The van der Waals surface area contributed by atoms with Crippen molar-refractivity contribution in [2.24, 2.45) is 0 Å². The number of alkyl halides is 3. The molecule has 7 rings (SSSR count). The van der Waals surface area contributed by atoms with Crippen molar-refractivity contribution in [3.8, 4) is 6.01 Å². The minimum Gasteiger partial charge on any atom is -0.461 e. The van der Waals surface area contributed by atoms with Gasteiger partial charge in [0.15, 0.2) is 5.69 Å². The molecule has 1 unspecified atom stereocenters. The maximum atomic E-state index is 14.3. The molecule has 2 saturated heterocycles. The molecule has 0 bridgehead atoms. The molecule has 0 radical (unpaired) electrons. The first kappa shape index (κ1) is 33.8. The summed E-state index contributed by atoms with van der Waals surface area (Å²) in [5, 5.41) is 5.28. The van der Waals surface area contributed by atoms with E-state index in [1.165, 1.54) is 20.2 Å². The second-order valence-corrected chi connectivity index (χ2v) is 13.7. The summed E-state index contributed by atoms with van der Waals surface area (Å²) >= 11 is 6.10. The van der Waals surface area contributed by atoms with Gasteiger partial charge in [0.25, 0.3) is 5.91 Å². The lowest BCUT2D eigenvalue weighted by atomic mass is 9.94. The number of halogens is 4. The van der Waals surface area contributed by atoms with E-state index in [1.54, 1.807) is 0 Å².